The zero-order chi connectivity index (χ0) is 16.3. The number of carbonyl (C=O) groups is 2. The first-order valence-corrected chi connectivity index (χ1v) is 7.52. The quantitative estimate of drug-likeness (QED) is 0.851. The average Bonchev–Trinajstić information content (AvgIpc) is 3.27. The number of hydrogen-bond acceptors (Lipinski definition) is 5. The number of carboxylic acid groups (broad SMARTS) is 1. The van der Waals surface area contributed by atoms with Crippen LogP contribution in [0.25, 0.3) is 0 Å². The number of aromatic carboxylic acids is 1. The number of pyridine rings is 1. The summed E-state index contributed by atoms with van der Waals surface area (Å²) < 4.78 is 12.3. The minimum atomic E-state index is -1.35. The molecule has 0 bridgehead atoms. The van der Waals surface area contributed by atoms with E-state index in [0.29, 0.717) is 19.1 Å². The standard InChI is InChI=1S/C15H16N2O6/c1-22-13-11-14(19)17-9(7-2-3-7)6-23-10(17)5-16(11)4-8(12(13)18)15(20)21/h4,7,9-10H,2-3,5-6H2,1H3,(H,20,21)/t9-,10-/m1/s1. The molecule has 3 heterocycles. The van der Waals surface area contributed by atoms with Crippen molar-refractivity contribution < 1.29 is 24.2 Å². The molecule has 122 valence electrons. The zero-order valence-corrected chi connectivity index (χ0v) is 12.5. The number of aromatic nitrogens is 1. The van der Waals surface area contributed by atoms with E-state index < -0.39 is 23.2 Å². The van der Waals surface area contributed by atoms with Gasteiger partial charge in [-0.05, 0) is 18.8 Å². The summed E-state index contributed by atoms with van der Waals surface area (Å²) >= 11 is 0. The number of rotatable bonds is 3. The van der Waals surface area contributed by atoms with E-state index in [4.69, 9.17) is 14.6 Å². The Hall–Kier alpha value is -2.35. The predicted molar refractivity (Wildman–Crippen MR) is 76.6 cm³/mol. The van der Waals surface area contributed by atoms with E-state index in [9.17, 15) is 14.4 Å². The Bertz CT molecular complexity index is 766. The van der Waals surface area contributed by atoms with E-state index in [1.807, 2.05) is 0 Å². The average molecular weight is 320 g/mol. The number of carboxylic acids is 1. The van der Waals surface area contributed by atoms with Crippen LogP contribution in [0.5, 0.6) is 5.75 Å². The van der Waals surface area contributed by atoms with Crippen LogP contribution >= 0.6 is 0 Å². The third-order valence-corrected chi connectivity index (χ3v) is 4.76. The van der Waals surface area contributed by atoms with Gasteiger partial charge >= 0.3 is 5.97 Å². The van der Waals surface area contributed by atoms with Crippen molar-refractivity contribution in [3.8, 4) is 5.75 Å². The largest absolute Gasteiger partial charge is 0.491 e. The molecule has 2 fully saturated rings. The molecule has 1 aromatic heterocycles. The molecule has 1 saturated heterocycles. The molecular weight excluding hydrogens is 304 g/mol. The molecule has 1 N–H and O–H groups in total. The molecule has 3 aliphatic rings. The second-order valence-electron chi connectivity index (χ2n) is 6.12. The molecule has 1 aromatic rings. The lowest BCUT2D eigenvalue weighted by Gasteiger charge is -2.35. The lowest BCUT2D eigenvalue weighted by Crippen LogP contribution is -2.50. The number of methoxy groups -OCH3 is 1. The van der Waals surface area contributed by atoms with Crippen molar-refractivity contribution in [3.05, 3.63) is 27.7 Å². The smallest absolute Gasteiger partial charge is 0.341 e. The van der Waals surface area contributed by atoms with Gasteiger partial charge in [-0.3, -0.25) is 9.59 Å². The van der Waals surface area contributed by atoms with Crippen molar-refractivity contribution in [3.63, 3.8) is 0 Å². The Morgan fingerprint density at radius 3 is 2.74 bits per heavy atom. The molecule has 23 heavy (non-hydrogen) atoms. The molecular formula is C15H16N2O6. The molecule has 8 nitrogen and oxygen atoms in total. The maximum Gasteiger partial charge on any atom is 0.341 e. The van der Waals surface area contributed by atoms with Crippen molar-refractivity contribution in [2.75, 3.05) is 13.7 Å². The van der Waals surface area contributed by atoms with Crippen LogP contribution in [0.3, 0.4) is 0 Å². The second kappa shape index (κ2) is 4.82. The second-order valence-corrected chi connectivity index (χ2v) is 6.12. The Balaban J connectivity index is 1.86. The van der Waals surface area contributed by atoms with E-state index in [1.54, 1.807) is 4.90 Å². The van der Waals surface area contributed by atoms with Gasteiger partial charge in [0.25, 0.3) is 5.91 Å². The molecule has 4 rings (SSSR count). The molecule has 0 radical (unpaired) electrons. The van der Waals surface area contributed by atoms with E-state index in [-0.39, 0.29) is 23.4 Å². The van der Waals surface area contributed by atoms with Gasteiger partial charge in [-0.1, -0.05) is 0 Å². The maximum absolute atomic E-state index is 12.9. The fourth-order valence-corrected chi connectivity index (χ4v) is 3.49. The number of fused-ring (bicyclic) bond motifs is 2. The molecule has 1 amide bonds. The van der Waals surface area contributed by atoms with Gasteiger partial charge < -0.3 is 24.0 Å². The minimum Gasteiger partial charge on any atom is -0.491 e. The van der Waals surface area contributed by atoms with Gasteiger partial charge in [-0.2, -0.15) is 0 Å². The highest BCUT2D eigenvalue weighted by molar-refractivity contribution is 5.98. The lowest BCUT2D eigenvalue weighted by molar-refractivity contribution is 0.00496. The van der Waals surface area contributed by atoms with Gasteiger partial charge in [0, 0.05) is 6.20 Å². The maximum atomic E-state index is 12.9. The molecule has 0 unspecified atom stereocenters. The predicted octanol–water partition coefficient (Wildman–Crippen LogP) is 0.146. The Kier molecular flexibility index (Phi) is 2.99. The highest BCUT2D eigenvalue weighted by Gasteiger charge is 2.49. The molecule has 0 aromatic carbocycles. The molecule has 1 aliphatic carbocycles. The summed E-state index contributed by atoms with van der Waals surface area (Å²) in [5, 5.41) is 9.17. The van der Waals surface area contributed by atoms with E-state index >= 15 is 0 Å². The topological polar surface area (TPSA) is 98.1 Å². The Morgan fingerprint density at radius 1 is 1.39 bits per heavy atom. The number of hydrogen-bond donors (Lipinski definition) is 1. The third kappa shape index (κ3) is 1.98. The van der Waals surface area contributed by atoms with Crippen LogP contribution < -0.4 is 10.2 Å². The Morgan fingerprint density at radius 2 is 2.13 bits per heavy atom. The summed E-state index contributed by atoms with van der Waals surface area (Å²) in [6.45, 7) is 0.773. The lowest BCUT2D eigenvalue weighted by atomic mass is 10.1. The molecule has 0 spiro atoms. The van der Waals surface area contributed by atoms with Gasteiger partial charge in [-0.25, -0.2) is 4.79 Å². The van der Waals surface area contributed by atoms with Gasteiger partial charge in [0.2, 0.25) is 5.43 Å². The van der Waals surface area contributed by atoms with Crippen LogP contribution in [0.4, 0.5) is 0 Å². The van der Waals surface area contributed by atoms with Gasteiger partial charge in [0.15, 0.2) is 17.7 Å². The van der Waals surface area contributed by atoms with Crippen molar-refractivity contribution >= 4 is 11.9 Å². The number of amides is 1. The molecule has 8 heteroatoms. The summed E-state index contributed by atoms with van der Waals surface area (Å²) in [5.41, 5.74) is -1.08. The highest BCUT2D eigenvalue weighted by Crippen LogP contribution is 2.41. The van der Waals surface area contributed by atoms with E-state index in [1.165, 1.54) is 17.9 Å². The SMILES string of the molecule is COc1c2n(cc(C(=O)O)c1=O)C[C@H]1OC[C@H](C3CC3)N1C2=O. The Labute approximate surface area is 131 Å². The first-order valence-electron chi connectivity index (χ1n) is 7.52. The summed E-state index contributed by atoms with van der Waals surface area (Å²) in [7, 11) is 1.27. The zero-order valence-electron chi connectivity index (χ0n) is 12.5. The molecule has 2 aliphatic heterocycles. The van der Waals surface area contributed by atoms with Crippen molar-refractivity contribution in [1.82, 2.24) is 9.47 Å². The summed E-state index contributed by atoms with van der Waals surface area (Å²) in [5.74, 6) is -1.44. The van der Waals surface area contributed by atoms with E-state index in [0.717, 1.165) is 12.8 Å². The number of carbonyl (C=O) groups excluding carboxylic acids is 1. The van der Waals surface area contributed by atoms with E-state index in [2.05, 4.69) is 0 Å². The van der Waals surface area contributed by atoms with Crippen molar-refractivity contribution in [2.24, 2.45) is 5.92 Å². The normalized spacial score (nSPS) is 26.0. The van der Waals surface area contributed by atoms with Crippen LogP contribution in [0.2, 0.25) is 0 Å². The van der Waals surface area contributed by atoms with Crippen LogP contribution in [-0.4, -0.2) is 52.4 Å². The fourth-order valence-electron chi connectivity index (χ4n) is 3.49. The van der Waals surface area contributed by atoms with Crippen LogP contribution in [0, 0.1) is 5.92 Å². The van der Waals surface area contributed by atoms with Crippen molar-refractivity contribution in [1.29, 1.82) is 0 Å². The molecule has 1 saturated carbocycles. The van der Waals surface area contributed by atoms with Crippen LogP contribution in [0.1, 0.15) is 33.7 Å². The van der Waals surface area contributed by atoms with Crippen LogP contribution in [-0.2, 0) is 11.3 Å². The summed E-state index contributed by atoms with van der Waals surface area (Å²) in [4.78, 5) is 38.1. The molecule has 2 atom stereocenters. The third-order valence-electron chi connectivity index (χ3n) is 4.76. The van der Waals surface area contributed by atoms with Gasteiger partial charge in [0.05, 0.1) is 26.3 Å². The van der Waals surface area contributed by atoms with Gasteiger partial charge in [0.1, 0.15) is 5.56 Å². The van der Waals surface area contributed by atoms with Gasteiger partial charge in [-0.15, -0.1) is 0 Å². The minimum absolute atomic E-state index is 0.0280. The first-order chi connectivity index (χ1) is 11.0. The van der Waals surface area contributed by atoms with Crippen molar-refractivity contribution in [2.45, 2.75) is 31.7 Å². The summed E-state index contributed by atoms with van der Waals surface area (Å²) in [6.07, 6.45) is 2.93. The fraction of sp³-hybridized carbons (Fsp3) is 0.533. The van der Waals surface area contributed by atoms with Crippen LogP contribution in [0.15, 0.2) is 11.0 Å². The summed E-state index contributed by atoms with van der Waals surface area (Å²) in [6, 6.07) is 0.0280. The highest BCUT2D eigenvalue weighted by atomic mass is 16.5. The first kappa shape index (κ1) is 14.3. The monoisotopic (exact) mass is 320 g/mol. The number of ether oxygens (including phenoxy) is 2. The number of nitrogens with zero attached hydrogens (tertiary/aromatic N) is 2.